The second-order valence-electron chi connectivity index (χ2n) is 17.5. The van der Waals surface area contributed by atoms with E-state index in [-0.39, 0.29) is 58.6 Å². The van der Waals surface area contributed by atoms with Crippen molar-refractivity contribution in [1.82, 2.24) is 9.80 Å². The molecular formula is C53H60N2O12. The Morgan fingerprint density at radius 3 is 2.00 bits per heavy atom. The maximum absolute atomic E-state index is 15.8. The molecule has 67 heavy (non-hydrogen) atoms. The van der Waals surface area contributed by atoms with E-state index in [4.69, 9.17) is 42.6 Å². The van der Waals surface area contributed by atoms with Gasteiger partial charge in [-0.2, -0.15) is 0 Å². The fraction of sp³-hybridized carbons (Fsp3) is 0.377. The molecule has 0 N–H and O–H groups in total. The highest BCUT2D eigenvalue weighted by Crippen LogP contribution is 2.52. The van der Waals surface area contributed by atoms with Crippen LogP contribution in [0.5, 0.6) is 34.5 Å². The van der Waals surface area contributed by atoms with Crippen LogP contribution in [-0.4, -0.2) is 87.5 Å². The van der Waals surface area contributed by atoms with Crippen LogP contribution in [0.2, 0.25) is 0 Å². The van der Waals surface area contributed by atoms with Gasteiger partial charge in [-0.15, -0.1) is 0 Å². The van der Waals surface area contributed by atoms with Gasteiger partial charge in [0.05, 0.1) is 65.9 Å². The van der Waals surface area contributed by atoms with Crippen LogP contribution < -0.4 is 28.4 Å². The maximum Gasteiger partial charge on any atom is 0.410 e. The Bertz CT molecular complexity index is 2540. The molecule has 0 saturated carbocycles. The van der Waals surface area contributed by atoms with Crippen LogP contribution >= 0.6 is 0 Å². The van der Waals surface area contributed by atoms with E-state index in [0.717, 1.165) is 28.0 Å². The minimum atomic E-state index is -1.23. The largest absolute Gasteiger partial charge is 0.497 e. The lowest BCUT2D eigenvalue weighted by Gasteiger charge is -2.41. The summed E-state index contributed by atoms with van der Waals surface area (Å²) in [5.41, 5.74) is 5.18. The molecule has 0 fully saturated rings. The number of carbonyl (C=O) groups is 3. The number of ether oxygens (including phenoxy) is 9. The maximum atomic E-state index is 15.8. The highest BCUT2D eigenvalue weighted by atomic mass is 16.7. The highest BCUT2D eigenvalue weighted by Gasteiger charge is 2.46. The topological polar surface area (TPSA) is 141 Å². The van der Waals surface area contributed by atoms with Crippen LogP contribution in [0.15, 0.2) is 91.0 Å². The first kappa shape index (κ1) is 48.2. The van der Waals surface area contributed by atoms with Crippen LogP contribution in [0.25, 0.3) is 0 Å². The molecule has 2 amide bonds. The number of benzene rings is 5. The lowest BCUT2D eigenvalue weighted by atomic mass is 9.87. The molecule has 0 radical (unpaired) electrons. The van der Waals surface area contributed by atoms with Gasteiger partial charge in [-0.05, 0) is 74.6 Å². The quantitative estimate of drug-likeness (QED) is 0.0828. The average Bonchev–Trinajstić information content (AvgIpc) is 3.82. The summed E-state index contributed by atoms with van der Waals surface area (Å²) in [6, 6.07) is 26.8. The first-order valence-electron chi connectivity index (χ1n) is 22.2. The van der Waals surface area contributed by atoms with Gasteiger partial charge in [0.25, 0.3) is 0 Å². The van der Waals surface area contributed by atoms with Crippen molar-refractivity contribution in [1.29, 1.82) is 0 Å². The number of hydrogen-bond donors (Lipinski definition) is 0. The lowest BCUT2D eigenvalue weighted by molar-refractivity contribution is -0.140. The number of carbonyl (C=O) groups excluding carboxylic acids is 3. The summed E-state index contributed by atoms with van der Waals surface area (Å²) >= 11 is 0. The fourth-order valence-corrected chi connectivity index (χ4v) is 8.50. The summed E-state index contributed by atoms with van der Waals surface area (Å²) in [7, 11) is 6.22. The van der Waals surface area contributed by atoms with Gasteiger partial charge in [0, 0.05) is 30.2 Å². The first-order chi connectivity index (χ1) is 32.2. The van der Waals surface area contributed by atoms with Crippen LogP contribution in [-0.2, 0) is 51.9 Å². The molecule has 5 aromatic rings. The SMILES string of the molecule is COc1ccc(COCc2c(C[C@H](C(=O)N3CC(=O)c4c(OC)c(C)c5c(c4[C@@H]3COCc3ccccc3)OCO5)N(C)C(=O)OC(C)(C)C)cc(C)c(OC)c2OCc2ccccc2)cc1. The molecule has 14 nitrogen and oxygen atoms in total. The monoisotopic (exact) mass is 916 g/mol. The summed E-state index contributed by atoms with van der Waals surface area (Å²) in [5, 5.41) is 0. The summed E-state index contributed by atoms with van der Waals surface area (Å²) < 4.78 is 54.6. The average molecular weight is 917 g/mol. The summed E-state index contributed by atoms with van der Waals surface area (Å²) in [5.74, 6) is 1.85. The molecule has 0 spiro atoms. The number of fused-ring (bicyclic) bond motifs is 3. The van der Waals surface area contributed by atoms with Crippen molar-refractivity contribution in [2.75, 3.05) is 48.3 Å². The predicted molar refractivity (Wildman–Crippen MR) is 250 cm³/mol. The molecule has 2 atom stereocenters. The van der Waals surface area contributed by atoms with E-state index < -0.39 is 29.7 Å². The van der Waals surface area contributed by atoms with Gasteiger partial charge >= 0.3 is 6.09 Å². The zero-order valence-corrected chi connectivity index (χ0v) is 39.8. The smallest absolute Gasteiger partial charge is 0.410 e. The third-order valence-corrected chi connectivity index (χ3v) is 11.8. The molecular weight excluding hydrogens is 857 g/mol. The zero-order chi connectivity index (χ0) is 47.8. The van der Waals surface area contributed by atoms with E-state index in [0.29, 0.717) is 56.6 Å². The van der Waals surface area contributed by atoms with Crippen molar-refractivity contribution in [3.05, 3.63) is 141 Å². The van der Waals surface area contributed by atoms with Crippen LogP contribution in [0.1, 0.15) is 81.7 Å². The van der Waals surface area contributed by atoms with E-state index in [1.54, 1.807) is 41.9 Å². The molecule has 2 aliphatic heterocycles. The minimum absolute atomic E-state index is 0.0324. The molecule has 0 aliphatic carbocycles. The van der Waals surface area contributed by atoms with Crippen LogP contribution in [0.4, 0.5) is 4.79 Å². The van der Waals surface area contributed by atoms with Crippen molar-refractivity contribution in [2.24, 2.45) is 0 Å². The van der Waals surface area contributed by atoms with Crippen molar-refractivity contribution in [3.63, 3.8) is 0 Å². The van der Waals surface area contributed by atoms with Crippen molar-refractivity contribution < 1.29 is 57.0 Å². The third kappa shape index (κ3) is 10.9. The molecule has 0 bridgehead atoms. The Morgan fingerprint density at radius 2 is 1.37 bits per heavy atom. The molecule has 2 heterocycles. The highest BCUT2D eigenvalue weighted by molar-refractivity contribution is 6.07. The minimum Gasteiger partial charge on any atom is -0.497 e. The second-order valence-corrected chi connectivity index (χ2v) is 17.5. The van der Waals surface area contributed by atoms with Gasteiger partial charge in [-0.25, -0.2) is 4.79 Å². The number of ketones is 1. The Labute approximate surface area is 392 Å². The number of amides is 2. The number of rotatable bonds is 18. The van der Waals surface area contributed by atoms with Gasteiger partial charge in [-0.1, -0.05) is 78.9 Å². The number of aryl methyl sites for hydroxylation is 1. The number of hydrogen-bond acceptors (Lipinski definition) is 12. The molecule has 2 aliphatic rings. The van der Waals surface area contributed by atoms with E-state index in [2.05, 4.69) is 0 Å². The molecule has 0 saturated heterocycles. The Hall–Kier alpha value is -6.77. The number of methoxy groups -OCH3 is 3. The van der Waals surface area contributed by atoms with Crippen molar-refractivity contribution >= 4 is 17.8 Å². The third-order valence-electron chi connectivity index (χ3n) is 11.8. The second kappa shape index (κ2) is 21.2. The first-order valence-corrected chi connectivity index (χ1v) is 22.2. The van der Waals surface area contributed by atoms with E-state index in [9.17, 15) is 9.59 Å². The van der Waals surface area contributed by atoms with Gasteiger partial charge in [0.1, 0.15) is 29.7 Å². The molecule has 5 aromatic carbocycles. The molecule has 7 rings (SSSR count). The zero-order valence-electron chi connectivity index (χ0n) is 39.8. The van der Waals surface area contributed by atoms with Crippen LogP contribution in [0, 0.1) is 13.8 Å². The van der Waals surface area contributed by atoms with Gasteiger partial charge < -0.3 is 47.5 Å². The standard InChI is InChI=1S/C53H60N2O12/c1-33-24-38(40(30-62-28-37-20-22-39(59-7)23-21-37)49(46(33)60-8)64-29-36-18-14-11-15-19-36)25-41(54(6)52(58)67-53(3,4)5)51(57)55-26-43(56)45-44(42(55)31-63-27-35-16-12-10-13-17-35)50-48(65-32-66-50)34(2)47(45)61-9/h10-24,41-42H,25-32H2,1-9H3/t41-,42+/m1/s1. The Kier molecular flexibility index (Phi) is 15.3. The Morgan fingerprint density at radius 1 is 0.761 bits per heavy atom. The predicted octanol–water partition coefficient (Wildman–Crippen LogP) is 9.11. The Balaban J connectivity index is 1.33. The molecule has 0 unspecified atom stereocenters. The molecule has 0 aromatic heterocycles. The summed E-state index contributed by atoms with van der Waals surface area (Å²) in [6.45, 7) is 9.25. The van der Waals surface area contributed by atoms with Crippen molar-refractivity contribution in [3.8, 4) is 34.5 Å². The number of nitrogens with zero attached hydrogens (tertiary/aromatic N) is 2. The molecule has 354 valence electrons. The van der Waals surface area contributed by atoms with Gasteiger partial charge in [0.15, 0.2) is 28.8 Å². The molecule has 14 heteroatoms. The fourth-order valence-electron chi connectivity index (χ4n) is 8.50. The van der Waals surface area contributed by atoms with E-state index in [1.165, 1.54) is 24.0 Å². The lowest BCUT2D eigenvalue weighted by Crippen LogP contribution is -2.55. The summed E-state index contributed by atoms with van der Waals surface area (Å²) in [4.78, 5) is 47.3. The number of Topliss-reactive ketones (excluding diaryl/α,β-unsaturated/α-hetero) is 1. The van der Waals surface area contributed by atoms with Gasteiger partial charge in [-0.3, -0.25) is 14.5 Å². The van der Waals surface area contributed by atoms with E-state index >= 15 is 4.79 Å². The summed E-state index contributed by atoms with van der Waals surface area (Å²) in [6.07, 6.45) is -0.767. The normalized spacial score (nSPS) is 14.6. The van der Waals surface area contributed by atoms with E-state index in [1.807, 2.05) is 97.9 Å². The van der Waals surface area contributed by atoms with Gasteiger partial charge in [0.2, 0.25) is 12.7 Å². The number of likely N-dealkylation sites (N-methyl/N-ethyl adjacent to an activating group) is 1. The van der Waals surface area contributed by atoms with Crippen molar-refractivity contribution in [2.45, 2.75) is 85.2 Å². The van der Waals surface area contributed by atoms with Crippen LogP contribution in [0.3, 0.4) is 0 Å².